The van der Waals surface area contributed by atoms with Crippen molar-refractivity contribution >= 4 is 11.8 Å². The number of aryl methyl sites for hydroxylation is 2. The summed E-state index contributed by atoms with van der Waals surface area (Å²) in [5.74, 6) is 0.867. The summed E-state index contributed by atoms with van der Waals surface area (Å²) in [7, 11) is 0. The van der Waals surface area contributed by atoms with E-state index in [1.165, 1.54) is 24.0 Å². The first-order chi connectivity index (χ1) is 16.6. The highest BCUT2D eigenvalue weighted by Crippen LogP contribution is 2.28. The lowest BCUT2D eigenvalue weighted by atomic mass is 9.94. The highest BCUT2D eigenvalue weighted by Gasteiger charge is 2.27. The molecule has 2 aliphatic heterocycles. The van der Waals surface area contributed by atoms with Crippen LogP contribution < -0.4 is 5.32 Å². The molecule has 2 aliphatic rings. The number of pyridine rings is 1. The largest absolute Gasteiger partial charge is 0.481 e. The Bertz CT molecular complexity index is 1120. The number of nitrogens with one attached hydrogen (secondary N) is 1. The number of carboxylic acids is 1. The number of aliphatic carboxylic acids is 1. The van der Waals surface area contributed by atoms with Gasteiger partial charge in [0.05, 0.1) is 12.1 Å². The number of benzene rings is 1. The molecule has 2 atom stereocenters. The standard InChI is InChI=1S/C26H32N6O2/c33-25(34)14-22(21-3-1-5-24(13-21)32-18-27-17-29-32)16-31-12-10-19(15-31)6-8-23-9-7-20-4-2-11-28-26(20)30-23/h1,3,5,7,9,13,17-19,22H,2,4,6,8,10-12,14-16H2,(H,28,30)(H,33,34)/t19-,22-/m1/s1. The third kappa shape index (κ3) is 5.44. The Hall–Kier alpha value is -3.26. The molecule has 0 aliphatic carbocycles. The van der Waals surface area contributed by atoms with Gasteiger partial charge in [0.25, 0.3) is 0 Å². The van der Waals surface area contributed by atoms with E-state index < -0.39 is 5.97 Å². The van der Waals surface area contributed by atoms with Crippen molar-refractivity contribution in [1.82, 2.24) is 24.6 Å². The van der Waals surface area contributed by atoms with Gasteiger partial charge in [-0.25, -0.2) is 14.6 Å². The second-order valence-electron chi connectivity index (χ2n) is 9.52. The summed E-state index contributed by atoms with van der Waals surface area (Å²) < 4.78 is 1.71. The van der Waals surface area contributed by atoms with Gasteiger partial charge in [-0.1, -0.05) is 18.2 Å². The third-order valence-electron chi connectivity index (χ3n) is 7.06. The van der Waals surface area contributed by atoms with Crippen molar-refractivity contribution in [3.8, 4) is 5.69 Å². The summed E-state index contributed by atoms with van der Waals surface area (Å²) in [6, 6.07) is 12.4. The molecule has 0 bridgehead atoms. The number of aromatic nitrogens is 4. The Labute approximate surface area is 200 Å². The van der Waals surface area contributed by atoms with Crippen molar-refractivity contribution in [2.75, 3.05) is 31.5 Å². The normalized spacial score (nSPS) is 18.9. The van der Waals surface area contributed by atoms with E-state index in [0.717, 1.165) is 68.9 Å². The van der Waals surface area contributed by atoms with Gasteiger partial charge < -0.3 is 15.3 Å². The summed E-state index contributed by atoms with van der Waals surface area (Å²) in [6.45, 7) is 3.80. The van der Waals surface area contributed by atoms with E-state index in [-0.39, 0.29) is 12.3 Å². The van der Waals surface area contributed by atoms with Gasteiger partial charge in [0.2, 0.25) is 0 Å². The van der Waals surface area contributed by atoms with Crippen LogP contribution in [0.15, 0.2) is 49.1 Å². The van der Waals surface area contributed by atoms with Crippen LogP contribution in [0, 0.1) is 5.92 Å². The van der Waals surface area contributed by atoms with Crippen LogP contribution in [0.3, 0.4) is 0 Å². The minimum Gasteiger partial charge on any atom is -0.481 e. The summed E-state index contributed by atoms with van der Waals surface area (Å²) in [5.41, 5.74) is 4.43. The predicted molar refractivity (Wildman–Crippen MR) is 130 cm³/mol. The molecule has 3 aromatic rings. The molecule has 1 saturated heterocycles. The van der Waals surface area contributed by atoms with Gasteiger partial charge in [-0.2, -0.15) is 5.10 Å². The number of hydrogen-bond donors (Lipinski definition) is 2. The lowest BCUT2D eigenvalue weighted by molar-refractivity contribution is -0.137. The zero-order chi connectivity index (χ0) is 23.3. The van der Waals surface area contributed by atoms with E-state index in [4.69, 9.17) is 4.98 Å². The van der Waals surface area contributed by atoms with Crippen molar-refractivity contribution in [2.45, 2.75) is 44.4 Å². The second-order valence-corrected chi connectivity index (χ2v) is 9.52. The SMILES string of the molecule is O=C(O)C[C@H](CN1CC[C@@H](CCc2ccc3c(n2)NCCC3)C1)c1cccc(-n2cncn2)c1. The van der Waals surface area contributed by atoms with E-state index in [0.29, 0.717) is 5.92 Å². The number of carboxylic acid groups (broad SMARTS) is 1. The number of rotatable bonds is 9. The minimum atomic E-state index is -0.765. The zero-order valence-corrected chi connectivity index (χ0v) is 19.4. The number of nitrogens with zero attached hydrogens (tertiary/aromatic N) is 5. The van der Waals surface area contributed by atoms with Crippen molar-refractivity contribution in [3.05, 3.63) is 65.9 Å². The fraction of sp³-hybridized carbons (Fsp3) is 0.462. The molecule has 0 amide bonds. The fourth-order valence-electron chi connectivity index (χ4n) is 5.25. The third-order valence-corrected chi connectivity index (χ3v) is 7.06. The van der Waals surface area contributed by atoms with Gasteiger partial charge in [0.15, 0.2) is 0 Å². The molecule has 0 saturated carbocycles. The van der Waals surface area contributed by atoms with Gasteiger partial charge >= 0.3 is 5.97 Å². The van der Waals surface area contributed by atoms with Crippen LogP contribution in [0.5, 0.6) is 0 Å². The number of fused-ring (bicyclic) bond motifs is 1. The van der Waals surface area contributed by atoms with Crippen LogP contribution >= 0.6 is 0 Å². The Kier molecular flexibility index (Phi) is 6.85. The average Bonchev–Trinajstić information content (AvgIpc) is 3.55. The van der Waals surface area contributed by atoms with Crippen LogP contribution in [0.2, 0.25) is 0 Å². The minimum absolute atomic E-state index is 0.0619. The molecule has 0 unspecified atom stereocenters. The smallest absolute Gasteiger partial charge is 0.304 e. The van der Waals surface area contributed by atoms with E-state index in [1.807, 2.05) is 24.3 Å². The maximum atomic E-state index is 11.6. The van der Waals surface area contributed by atoms with Crippen LogP contribution in [-0.2, 0) is 17.6 Å². The number of likely N-dealkylation sites (tertiary alicyclic amines) is 1. The van der Waals surface area contributed by atoms with E-state index in [9.17, 15) is 9.90 Å². The zero-order valence-electron chi connectivity index (χ0n) is 19.4. The Balaban J connectivity index is 1.19. The van der Waals surface area contributed by atoms with Gasteiger partial charge in [0, 0.05) is 31.2 Å². The predicted octanol–water partition coefficient (Wildman–Crippen LogP) is 3.53. The molecule has 34 heavy (non-hydrogen) atoms. The lowest BCUT2D eigenvalue weighted by Crippen LogP contribution is -2.28. The van der Waals surface area contributed by atoms with Crippen molar-refractivity contribution in [2.24, 2.45) is 5.92 Å². The number of hydrogen-bond acceptors (Lipinski definition) is 6. The summed E-state index contributed by atoms with van der Waals surface area (Å²) in [5, 5.41) is 17.2. The number of carbonyl (C=O) groups is 1. The van der Waals surface area contributed by atoms with Crippen LogP contribution in [0.25, 0.3) is 5.69 Å². The van der Waals surface area contributed by atoms with Crippen LogP contribution in [0.4, 0.5) is 5.82 Å². The first-order valence-corrected chi connectivity index (χ1v) is 12.3. The first kappa shape index (κ1) is 22.5. The van der Waals surface area contributed by atoms with Gasteiger partial charge in [-0.15, -0.1) is 0 Å². The molecule has 2 N–H and O–H groups in total. The van der Waals surface area contributed by atoms with E-state index >= 15 is 0 Å². The van der Waals surface area contributed by atoms with E-state index in [1.54, 1.807) is 11.0 Å². The maximum Gasteiger partial charge on any atom is 0.304 e. The molecule has 0 radical (unpaired) electrons. The van der Waals surface area contributed by atoms with Gasteiger partial charge in [-0.05, 0) is 73.9 Å². The quantitative estimate of drug-likeness (QED) is 0.504. The molecule has 4 heterocycles. The Morgan fingerprint density at radius 3 is 3.06 bits per heavy atom. The molecule has 8 heteroatoms. The Morgan fingerprint density at radius 2 is 2.21 bits per heavy atom. The molecule has 0 spiro atoms. The van der Waals surface area contributed by atoms with Gasteiger partial charge in [0.1, 0.15) is 18.5 Å². The summed E-state index contributed by atoms with van der Waals surface area (Å²) >= 11 is 0. The lowest BCUT2D eigenvalue weighted by Gasteiger charge is -2.23. The number of anilines is 1. The van der Waals surface area contributed by atoms with Gasteiger partial charge in [-0.3, -0.25) is 4.79 Å². The first-order valence-electron chi connectivity index (χ1n) is 12.3. The highest BCUT2D eigenvalue weighted by atomic mass is 16.4. The van der Waals surface area contributed by atoms with Crippen LogP contribution in [-0.4, -0.2) is 61.9 Å². The molecule has 5 rings (SSSR count). The molecule has 8 nitrogen and oxygen atoms in total. The molecule has 2 aromatic heterocycles. The van der Waals surface area contributed by atoms with Crippen molar-refractivity contribution in [1.29, 1.82) is 0 Å². The second kappa shape index (κ2) is 10.3. The van der Waals surface area contributed by atoms with Crippen molar-refractivity contribution < 1.29 is 9.90 Å². The molecular formula is C26H32N6O2. The monoisotopic (exact) mass is 460 g/mol. The average molecular weight is 461 g/mol. The fourth-order valence-corrected chi connectivity index (χ4v) is 5.25. The Morgan fingerprint density at radius 1 is 1.26 bits per heavy atom. The molecule has 1 aromatic carbocycles. The molecule has 178 valence electrons. The van der Waals surface area contributed by atoms with Crippen LogP contribution in [0.1, 0.15) is 48.4 Å². The molecule has 1 fully saturated rings. The van der Waals surface area contributed by atoms with E-state index in [2.05, 4.69) is 32.4 Å². The maximum absolute atomic E-state index is 11.6. The summed E-state index contributed by atoms with van der Waals surface area (Å²) in [4.78, 5) is 22.9. The topological polar surface area (TPSA) is 96.2 Å². The van der Waals surface area contributed by atoms with Crippen molar-refractivity contribution in [3.63, 3.8) is 0 Å². The summed E-state index contributed by atoms with van der Waals surface area (Å²) in [6.07, 6.45) is 8.84. The molecular weight excluding hydrogens is 428 g/mol. The highest BCUT2D eigenvalue weighted by molar-refractivity contribution is 5.68.